The molecule has 1 saturated heterocycles. The number of aliphatic hydroxyl groups excluding tert-OH is 1. The van der Waals surface area contributed by atoms with Gasteiger partial charge >= 0.3 is 0 Å². The van der Waals surface area contributed by atoms with Crippen LogP contribution in [-0.2, 0) is 29.9 Å². The summed E-state index contributed by atoms with van der Waals surface area (Å²) in [5, 5.41) is 28.4. The third-order valence-electron chi connectivity index (χ3n) is 5.13. The maximum Gasteiger partial charge on any atom is 0.243 e. The van der Waals surface area contributed by atoms with E-state index in [0.717, 1.165) is 16.4 Å². The second-order valence-corrected chi connectivity index (χ2v) is 13.3. The summed E-state index contributed by atoms with van der Waals surface area (Å²) in [5.41, 5.74) is 0.169. The van der Waals surface area contributed by atoms with E-state index in [4.69, 9.17) is 10.5 Å². The van der Waals surface area contributed by atoms with Crippen LogP contribution in [0.1, 0.15) is 11.1 Å². The number of nitriles is 2. The van der Waals surface area contributed by atoms with Gasteiger partial charge in [-0.2, -0.15) is 14.8 Å². The standard InChI is InChI=1S/C20H20N4O7S3/c21-11-15-3-1-5-17(9-15)33(28,29)23-7-8-24(19-13-32(26,27)14-20(19)25)34(30,31)18-6-2-4-16(10-18)12-22/h1-6,9-10,19-20,23,25H,7-8,13-14H2/t19-,20+/m1/s1. The van der Waals surface area contributed by atoms with Crippen molar-refractivity contribution >= 4 is 29.9 Å². The Morgan fingerprint density at radius 1 is 0.971 bits per heavy atom. The number of sulfone groups is 1. The minimum absolute atomic E-state index is 0.0543. The van der Waals surface area contributed by atoms with E-state index in [2.05, 4.69) is 4.72 Å². The maximum atomic E-state index is 13.4. The van der Waals surface area contributed by atoms with Gasteiger partial charge in [-0.3, -0.25) is 0 Å². The number of sulfonamides is 2. The molecule has 0 aromatic heterocycles. The molecule has 2 atom stereocenters. The van der Waals surface area contributed by atoms with Crippen molar-refractivity contribution in [2.24, 2.45) is 0 Å². The van der Waals surface area contributed by atoms with Crippen LogP contribution in [0.3, 0.4) is 0 Å². The zero-order valence-electron chi connectivity index (χ0n) is 17.6. The normalized spacial score (nSPS) is 20.0. The number of rotatable bonds is 8. The van der Waals surface area contributed by atoms with Crippen LogP contribution in [0.25, 0.3) is 0 Å². The van der Waals surface area contributed by atoms with Crippen molar-refractivity contribution in [1.82, 2.24) is 9.03 Å². The van der Waals surface area contributed by atoms with E-state index in [1.54, 1.807) is 0 Å². The molecule has 11 nitrogen and oxygen atoms in total. The van der Waals surface area contributed by atoms with Crippen molar-refractivity contribution in [2.45, 2.75) is 21.9 Å². The topological polar surface area (TPSA) is 185 Å². The zero-order chi connectivity index (χ0) is 25.1. The lowest BCUT2D eigenvalue weighted by Crippen LogP contribution is -2.49. The molecule has 0 spiro atoms. The first kappa shape index (κ1) is 25.8. The van der Waals surface area contributed by atoms with Crippen molar-refractivity contribution in [3.05, 3.63) is 59.7 Å². The predicted molar refractivity (Wildman–Crippen MR) is 120 cm³/mol. The Morgan fingerprint density at radius 3 is 2.06 bits per heavy atom. The molecule has 180 valence electrons. The summed E-state index contributed by atoms with van der Waals surface area (Å²) in [4.78, 5) is -0.501. The lowest BCUT2D eigenvalue weighted by atomic mass is 10.2. The van der Waals surface area contributed by atoms with Crippen LogP contribution >= 0.6 is 0 Å². The highest BCUT2D eigenvalue weighted by Gasteiger charge is 2.44. The molecule has 3 rings (SSSR count). The lowest BCUT2D eigenvalue weighted by molar-refractivity contribution is 0.128. The smallest absolute Gasteiger partial charge is 0.243 e. The molecule has 34 heavy (non-hydrogen) atoms. The Labute approximate surface area is 197 Å². The minimum atomic E-state index is -4.41. The largest absolute Gasteiger partial charge is 0.390 e. The number of nitrogens with zero attached hydrogens (tertiary/aromatic N) is 3. The number of benzene rings is 2. The number of hydrogen-bond acceptors (Lipinski definition) is 9. The molecule has 1 aliphatic rings. The quantitative estimate of drug-likeness (QED) is 0.461. The second kappa shape index (κ2) is 9.79. The average molecular weight is 525 g/mol. The summed E-state index contributed by atoms with van der Waals surface area (Å²) in [6.45, 7) is -0.937. The molecular formula is C20H20N4O7S3. The van der Waals surface area contributed by atoms with Crippen LogP contribution in [0.15, 0.2) is 58.3 Å². The Morgan fingerprint density at radius 2 is 1.53 bits per heavy atom. The van der Waals surface area contributed by atoms with Crippen LogP contribution in [0.5, 0.6) is 0 Å². The van der Waals surface area contributed by atoms with E-state index in [1.165, 1.54) is 36.4 Å². The van der Waals surface area contributed by atoms with Gasteiger partial charge in [0.05, 0.1) is 56.7 Å². The van der Waals surface area contributed by atoms with Gasteiger partial charge in [-0.05, 0) is 36.4 Å². The summed E-state index contributed by atoms with van der Waals surface area (Å²) in [6.07, 6.45) is -1.51. The first-order chi connectivity index (χ1) is 15.9. The van der Waals surface area contributed by atoms with Gasteiger partial charge in [0.1, 0.15) is 0 Å². The summed E-state index contributed by atoms with van der Waals surface area (Å²) in [5.74, 6) is -1.27. The predicted octanol–water partition coefficient (Wildman–Crippen LogP) is -0.443. The van der Waals surface area contributed by atoms with Crippen LogP contribution in [0.4, 0.5) is 0 Å². The molecule has 0 amide bonds. The van der Waals surface area contributed by atoms with Crippen molar-refractivity contribution < 1.29 is 30.4 Å². The van der Waals surface area contributed by atoms with Gasteiger partial charge in [-0.25, -0.2) is 30.0 Å². The van der Waals surface area contributed by atoms with E-state index in [0.29, 0.717) is 0 Å². The molecular weight excluding hydrogens is 504 g/mol. The number of aliphatic hydroxyl groups is 1. The lowest BCUT2D eigenvalue weighted by Gasteiger charge is -2.29. The first-order valence-corrected chi connectivity index (χ1v) is 14.5. The average Bonchev–Trinajstić information content (AvgIpc) is 3.08. The van der Waals surface area contributed by atoms with Gasteiger partial charge < -0.3 is 5.11 Å². The molecule has 0 radical (unpaired) electrons. The third kappa shape index (κ3) is 5.61. The van der Waals surface area contributed by atoms with Crippen LogP contribution in [0, 0.1) is 22.7 Å². The fourth-order valence-electron chi connectivity index (χ4n) is 3.52. The van der Waals surface area contributed by atoms with Crippen LogP contribution in [0.2, 0.25) is 0 Å². The van der Waals surface area contributed by atoms with Crippen LogP contribution < -0.4 is 4.72 Å². The van der Waals surface area contributed by atoms with Crippen LogP contribution in [-0.4, -0.2) is 71.4 Å². The molecule has 14 heteroatoms. The highest BCUT2D eigenvalue weighted by molar-refractivity contribution is 7.92. The van der Waals surface area contributed by atoms with E-state index in [9.17, 15) is 30.4 Å². The van der Waals surface area contributed by atoms with Gasteiger partial charge in [0.15, 0.2) is 9.84 Å². The van der Waals surface area contributed by atoms with E-state index in [1.807, 2.05) is 12.1 Å². The zero-order valence-corrected chi connectivity index (χ0v) is 20.0. The van der Waals surface area contributed by atoms with Crippen molar-refractivity contribution in [1.29, 1.82) is 10.5 Å². The van der Waals surface area contributed by atoms with E-state index in [-0.39, 0.29) is 20.9 Å². The first-order valence-electron chi connectivity index (χ1n) is 9.80. The van der Waals surface area contributed by atoms with Gasteiger partial charge in [-0.1, -0.05) is 12.1 Å². The summed E-state index contributed by atoms with van der Waals surface area (Å²) < 4.78 is 79.0. The monoisotopic (exact) mass is 524 g/mol. The van der Waals surface area contributed by atoms with Gasteiger partial charge in [-0.15, -0.1) is 0 Å². The van der Waals surface area contributed by atoms with Gasteiger partial charge in [0.25, 0.3) is 0 Å². The molecule has 2 N–H and O–H groups in total. The molecule has 0 aliphatic carbocycles. The molecule has 1 heterocycles. The molecule has 0 unspecified atom stereocenters. The third-order valence-corrected chi connectivity index (χ3v) is 10.2. The fraction of sp³-hybridized carbons (Fsp3) is 0.300. The van der Waals surface area contributed by atoms with Crippen molar-refractivity contribution in [2.75, 3.05) is 24.6 Å². The highest BCUT2D eigenvalue weighted by Crippen LogP contribution is 2.26. The number of nitrogens with one attached hydrogen (secondary N) is 1. The summed E-state index contributed by atoms with van der Waals surface area (Å²) in [7, 11) is -12.3. The molecule has 2 aromatic carbocycles. The number of hydrogen-bond donors (Lipinski definition) is 2. The fourth-order valence-corrected chi connectivity index (χ4v) is 8.18. The second-order valence-electron chi connectivity index (χ2n) is 7.50. The molecule has 2 aromatic rings. The minimum Gasteiger partial charge on any atom is -0.390 e. The highest BCUT2D eigenvalue weighted by atomic mass is 32.2. The van der Waals surface area contributed by atoms with Crippen molar-refractivity contribution in [3.8, 4) is 12.1 Å². The Kier molecular flexibility index (Phi) is 7.42. The SMILES string of the molecule is N#Cc1cccc(S(=O)(=O)NCCN([C@@H]2CS(=O)(=O)C[C@@H]2O)S(=O)(=O)c2cccc(C#N)c2)c1. The molecule has 1 fully saturated rings. The Hall–Kier alpha value is -2.85. The van der Waals surface area contributed by atoms with Gasteiger partial charge in [0, 0.05) is 13.1 Å². The van der Waals surface area contributed by atoms with Crippen molar-refractivity contribution in [3.63, 3.8) is 0 Å². The van der Waals surface area contributed by atoms with Gasteiger partial charge in [0.2, 0.25) is 20.0 Å². The Bertz CT molecular complexity index is 1490. The molecule has 0 saturated carbocycles. The molecule has 1 aliphatic heterocycles. The Balaban J connectivity index is 1.90. The molecule has 0 bridgehead atoms. The maximum absolute atomic E-state index is 13.4. The summed E-state index contributed by atoms with van der Waals surface area (Å²) in [6, 6.07) is 12.6. The summed E-state index contributed by atoms with van der Waals surface area (Å²) >= 11 is 0. The van der Waals surface area contributed by atoms with E-state index >= 15 is 0 Å². The van der Waals surface area contributed by atoms with E-state index < -0.39 is 66.6 Å².